The van der Waals surface area contributed by atoms with Crippen molar-refractivity contribution in [3.8, 4) is 0 Å². The second kappa shape index (κ2) is 5.42. The molecule has 1 aromatic carbocycles. The normalized spacial score (nSPS) is 25.2. The zero-order valence-electron chi connectivity index (χ0n) is 11.7. The third kappa shape index (κ3) is 2.39. The molecule has 0 saturated carbocycles. The number of rotatable bonds is 3. The molecule has 2 aliphatic rings. The number of amides is 2. The van der Waals surface area contributed by atoms with Crippen molar-refractivity contribution in [2.45, 2.75) is 31.5 Å². The molecule has 2 atom stereocenters. The molecule has 108 valence electrons. The molecule has 1 fully saturated rings. The van der Waals surface area contributed by atoms with Crippen molar-refractivity contribution in [1.82, 2.24) is 10.2 Å². The van der Waals surface area contributed by atoms with E-state index >= 15 is 0 Å². The molecule has 0 aromatic heterocycles. The Balaban J connectivity index is 1.54. The van der Waals surface area contributed by atoms with Crippen molar-refractivity contribution < 1.29 is 9.53 Å². The van der Waals surface area contributed by atoms with E-state index in [4.69, 9.17) is 10.5 Å². The Hall–Kier alpha value is -1.59. The summed E-state index contributed by atoms with van der Waals surface area (Å²) in [4.78, 5) is 13.9. The van der Waals surface area contributed by atoms with Crippen LogP contribution in [0.2, 0.25) is 0 Å². The SMILES string of the molecule is CCOC1CN(C(=O)N[C@@H]2Cc3ccccc3[C@H]2N)C1. The highest BCUT2D eigenvalue weighted by Gasteiger charge is 2.35. The smallest absolute Gasteiger partial charge is 0.317 e. The van der Waals surface area contributed by atoms with Crippen molar-refractivity contribution in [1.29, 1.82) is 0 Å². The zero-order chi connectivity index (χ0) is 14.1. The molecule has 1 aliphatic heterocycles. The quantitative estimate of drug-likeness (QED) is 0.866. The lowest BCUT2D eigenvalue weighted by atomic mass is 10.1. The van der Waals surface area contributed by atoms with Crippen molar-refractivity contribution >= 4 is 6.03 Å². The summed E-state index contributed by atoms with van der Waals surface area (Å²) in [5, 5.41) is 3.05. The van der Waals surface area contributed by atoms with Gasteiger partial charge < -0.3 is 20.7 Å². The molecule has 3 N–H and O–H groups in total. The van der Waals surface area contributed by atoms with E-state index in [0.717, 1.165) is 12.0 Å². The molecule has 5 heteroatoms. The number of carbonyl (C=O) groups excluding carboxylic acids is 1. The lowest BCUT2D eigenvalue weighted by Gasteiger charge is -2.39. The summed E-state index contributed by atoms with van der Waals surface area (Å²) in [7, 11) is 0. The van der Waals surface area contributed by atoms with Crippen LogP contribution in [0.25, 0.3) is 0 Å². The first-order valence-corrected chi connectivity index (χ1v) is 7.19. The molecule has 20 heavy (non-hydrogen) atoms. The van der Waals surface area contributed by atoms with Crippen LogP contribution in [0.5, 0.6) is 0 Å². The molecule has 3 rings (SSSR count). The van der Waals surface area contributed by atoms with E-state index in [1.54, 1.807) is 4.90 Å². The summed E-state index contributed by atoms with van der Waals surface area (Å²) in [6.45, 7) is 4.02. The molecule has 1 aromatic rings. The van der Waals surface area contributed by atoms with Crippen LogP contribution in [0.1, 0.15) is 24.1 Å². The Morgan fingerprint density at radius 2 is 2.20 bits per heavy atom. The van der Waals surface area contributed by atoms with Gasteiger partial charge in [-0.25, -0.2) is 4.79 Å². The fourth-order valence-corrected chi connectivity index (χ4v) is 2.96. The van der Waals surface area contributed by atoms with Gasteiger partial charge in [-0.1, -0.05) is 24.3 Å². The molecular weight excluding hydrogens is 254 g/mol. The van der Waals surface area contributed by atoms with Gasteiger partial charge in [0.15, 0.2) is 0 Å². The van der Waals surface area contributed by atoms with Crippen LogP contribution in [0.15, 0.2) is 24.3 Å². The number of nitrogens with two attached hydrogens (primary N) is 1. The number of carbonyl (C=O) groups is 1. The van der Waals surface area contributed by atoms with Crippen LogP contribution in [-0.4, -0.2) is 42.8 Å². The van der Waals surface area contributed by atoms with Gasteiger partial charge in [0, 0.05) is 6.61 Å². The second-order valence-corrected chi connectivity index (χ2v) is 5.47. The predicted molar refractivity (Wildman–Crippen MR) is 76.4 cm³/mol. The van der Waals surface area contributed by atoms with Gasteiger partial charge in [0.25, 0.3) is 0 Å². The molecule has 1 aliphatic carbocycles. The molecular formula is C15H21N3O2. The Bertz CT molecular complexity index is 500. The number of benzene rings is 1. The topological polar surface area (TPSA) is 67.6 Å². The van der Waals surface area contributed by atoms with E-state index in [-0.39, 0.29) is 24.2 Å². The van der Waals surface area contributed by atoms with Crippen molar-refractivity contribution in [2.24, 2.45) is 5.73 Å². The fraction of sp³-hybridized carbons (Fsp3) is 0.533. The van der Waals surface area contributed by atoms with Gasteiger partial charge >= 0.3 is 6.03 Å². The number of likely N-dealkylation sites (tertiary alicyclic amines) is 1. The summed E-state index contributed by atoms with van der Waals surface area (Å²) in [6.07, 6.45) is 1.01. The Kier molecular flexibility index (Phi) is 3.63. The maximum absolute atomic E-state index is 12.1. The first-order valence-electron chi connectivity index (χ1n) is 7.19. The number of nitrogens with one attached hydrogen (secondary N) is 1. The second-order valence-electron chi connectivity index (χ2n) is 5.47. The maximum Gasteiger partial charge on any atom is 0.317 e. The molecule has 5 nitrogen and oxygen atoms in total. The standard InChI is InChI=1S/C15H21N3O2/c1-2-20-11-8-18(9-11)15(19)17-13-7-10-5-3-4-6-12(10)14(13)16/h3-6,11,13-14H,2,7-9,16H2,1H3,(H,17,19)/t13-,14-/m1/s1. The molecule has 0 unspecified atom stereocenters. The lowest BCUT2D eigenvalue weighted by Crippen LogP contribution is -2.59. The summed E-state index contributed by atoms with van der Waals surface area (Å²) < 4.78 is 5.45. The van der Waals surface area contributed by atoms with Gasteiger partial charge in [-0.05, 0) is 24.5 Å². The number of urea groups is 1. The fourth-order valence-electron chi connectivity index (χ4n) is 2.96. The first kappa shape index (κ1) is 13.4. The van der Waals surface area contributed by atoms with Crippen molar-refractivity contribution in [2.75, 3.05) is 19.7 Å². The Morgan fingerprint density at radius 1 is 1.45 bits per heavy atom. The van der Waals surface area contributed by atoms with E-state index < -0.39 is 0 Å². The third-order valence-corrected chi connectivity index (χ3v) is 4.13. The Labute approximate surface area is 119 Å². The molecule has 0 bridgehead atoms. The van der Waals surface area contributed by atoms with E-state index in [0.29, 0.717) is 19.7 Å². The third-order valence-electron chi connectivity index (χ3n) is 4.13. The van der Waals surface area contributed by atoms with Crippen LogP contribution in [0.3, 0.4) is 0 Å². The predicted octanol–water partition coefficient (Wildman–Crippen LogP) is 1.04. The number of nitrogens with zero attached hydrogens (tertiary/aromatic N) is 1. The van der Waals surface area contributed by atoms with E-state index in [1.165, 1.54) is 5.56 Å². The van der Waals surface area contributed by atoms with Crippen LogP contribution in [-0.2, 0) is 11.2 Å². The van der Waals surface area contributed by atoms with E-state index in [2.05, 4.69) is 11.4 Å². The average molecular weight is 275 g/mol. The minimum Gasteiger partial charge on any atom is -0.375 e. The van der Waals surface area contributed by atoms with E-state index in [9.17, 15) is 4.79 Å². The number of hydrogen-bond donors (Lipinski definition) is 2. The number of fused-ring (bicyclic) bond motifs is 1. The zero-order valence-corrected chi connectivity index (χ0v) is 11.7. The van der Waals surface area contributed by atoms with Crippen molar-refractivity contribution in [3.05, 3.63) is 35.4 Å². The average Bonchev–Trinajstić information content (AvgIpc) is 2.71. The molecule has 1 saturated heterocycles. The minimum absolute atomic E-state index is 0.00829. The molecule has 1 heterocycles. The van der Waals surface area contributed by atoms with Crippen LogP contribution in [0.4, 0.5) is 4.79 Å². The summed E-state index contributed by atoms with van der Waals surface area (Å²) in [5.74, 6) is 0. The van der Waals surface area contributed by atoms with Gasteiger partial charge in [-0.15, -0.1) is 0 Å². The molecule has 2 amide bonds. The summed E-state index contributed by atoms with van der Waals surface area (Å²) >= 11 is 0. The minimum atomic E-state index is -0.112. The maximum atomic E-state index is 12.1. The van der Waals surface area contributed by atoms with Crippen LogP contribution >= 0.6 is 0 Å². The highest BCUT2D eigenvalue weighted by Crippen LogP contribution is 2.29. The van der Waals surface area contributed by atoms with Gasteiger partial charge in [-0.2, -0.15) is 0 Å². The van der Waals surface area contributed by atoms with E-state index in [1.807, 2.05) is 25.1 Å². The summed E-state index contributed by atoms with van der Waals surface area (Å²) in [5.41, 5.74) is 8.60. The number of hydrogen-bond acceptors (Lipinski definition) is 3. The van der Waals surface area contributed by atoms with Crippen molar-refractivity contribution in [3.63, 3.8) is 0 Å². The highest BCUT2D eigenvalue weighted by atomic mass is 16.5. The summed E-state index contributed by atoms with van der Waals surface area (Å²) in [6, 6.07) is 7.97. The molecule has 0 spiro atoms. The van der Waals surface area contributed by atoms with Gasteiger partial charge in [0.2, 0.25) is 0 Å². The Morgan fingerprint density at radius 3 is 2.90 bits per heavy atom. The van der Waals surface area contributed by atoms with Gasteiger partial charge in [0.1, 0.15) is 0 Å². The molecule has 0 radical (unpaired) electrons. The van der Waals surface area contributed by atoms with Gasteiger partial charge in [0.05, 0.1) is 31.3 Å². The van der Waals surface area contributed by atoms with Crippen LogP contribution in [0, 0.1) is 0 Å². The van der Waals surface area contributed by atoms with Crippen LogP contribution < -0.4 is 11.1 Å². The van der Waals surface area contributed by atoms with Gasteiger partial charge in [-0.3, -0.25) is 0 Å². The monoisotopic (exact) mass is 275 g/mol. The highest BCUT2D eigenvalue weighted by molar-refractivity contribution is 5.76. The number of ether oxygens (including phenoxy) is 1. The lowest BCUT2D eigenvalue weighted by molar-refractivity contribution is -0.0304. The first-order chi connectivity index (χ1) is 9.69. The largest absolute Gasteiger partial charge is 0.375 e.